The van der Waals surface area contributed by atoms with E-state index in [0.29, 0.717) is 0 Å². The second kappa shape index (κ2) is 13.1. The van der Waals surface area contributed by atoms with Gasteiger partial charge in [0.1, 0.15) is 0 Å². The Balaban J connectivity index is -0.0000000326. The molecule has 0 amide bonds. The van der Waals surface area contributed by atoms with Crippen LogP contribution < -0.4 is 34.5 Å². The first kappa shape index (κ1) is 22.5. The van der Waals surface area contributed by atoms with Crippen LogP contribution in [0.4, 0.5) is 0 Å². The van der Waals surface area contributed by atoms with E-state index in [2.05, 4.69) is 0 Å². The summed E-state index contributed by atoms with van der Waals surface area (Å²) in [6.45, 7) is 0. The summed E-state index contributed by atoms with van der Waals surface area (Å²) in [5.41, 5.74) is 0. The zero-order valence-corrected chi connectivity index (χ0v) is 9.39. The van der Waals surface area contributed by atoms with Gasteiger partial charge in [-0.15, -0.1) is 0 Å². The fourth-order valence-electron chi connectivity index (χ4n) is 0. The van der Waals surface area contributed by atoms with E-state index in [1.807, 2.05) is 0 Å². The summed E-state index contributed by atoms with van der Waals surface area (Å²) in [7, 11) is -6.25. The molecule has 1 radical (unpaired) electrons. The molecule has 0 unspecified atom stereocenters. The van der Waals surface area contributed by atoms with Gasteiger partial charge in [-0.25, -0.2) is 0 Å². The predicted molar refractivity (Wildman–Crippen MR) is 18.1 cm³/mol. The average molecular weight is 241 g/mol. The molecule has 0 heterocycles. The van der Waals surface area contributed by atoms with Crippen molar-refractivity contribution in [3.63, 3.8) is 0 Å². The molecule has 0 rings (SSSR count). The standard InChI is InChI=1S/Co.Na.H2O4S.HO2P/c;;1-5(2,3)4;1-3-2/h;;(H2,1,2,3,4);(H,1,2)/q+2;+1;;/p-3. The normalized spacial score (nSPS) is 7.90. The molecule has 0 saturated heterocycles. The van der Waals surface area contributed by atoms with Gasteiger partial charge in [0, 0.05) is 10.4 Å². The minimum atomic E-state index is -5.17. The fourth-order valence-corrected chi connectivity index (χ4v) is 0. The van der Waals surface area contributed by atoms with Gasteiger partial charge in [0.05, 0.1) is 8.69 Å². The van der Waals surface area contributed by atoms with Crippen molar-refractivity contribution in [1.82, 2.24) is 0 Å². The molecule has 0 aliphatic carbocycles. The Morgan fingerprint density at radius 1 is 1.20 bits per heavy atom. The summed E-state index contributed by atoms with van der Waals surface area (Å²) in [6, 6.07) is 0. The van der Waals surface area contributed by atoms with Crippen molar-refractivity contribution in [2.75, 3.05) is 0 Å². The van der Waals surface area contributed by atoms with Gasteiger partial charge in [-0.1, -0.05) is 0 Å². The Bertz CT molecular complexity index is 132. The van der Waals surface area contributed by atoms with E-state index in [-0.39, 0.29) is 46.3 Å². The van der Waals surface area contributed by atoms with Gasteiger partial charge >= 0.3 is 46.3 Å². The second-order valence-corrected chi connectivity index (χ2v) is 1.45. The molecule has 0 fully saturated rings. The van der Waals surface area contributed by atoms with E-state index in [1.54, 1.807) is 0 Å². The molecule has 0 aliphatic heterocycles. The summed E-state index contributed by atoms with van der Waals surface area (Å²) in [6.07, 6.45) is 0. The Morgan fingerprint density at radius 3 is 1.20 bits per heavy atom. The van der Waals surface area contributed by atoms with Crippen LogP contribution in [-0.4, -0.2) is 17.5 Å². The van der Waals surface area contributed by atoms with Crippen LogP contribution in [0.5, 0.6) is 0 Å². The third-order valence-electron chi connectivity index (χ3n) is 0. The maximum absolute atomic E-state index is 8.52. The third kappa shape index (κ3) is 325. The smallest absolute Gasteiger partial charge is 0.772 e. The van der Waals surface area contributed by atoms with Gasteiger partial charge in [0.15, 0.2) is 0 Å². The maximum atomic E-state index is 8.52. The minimum Gasteiger partial charge on any atom is -0.772 e. The zero-order valence-electron chi connectivity index (χ0n) is 4.64. The molecule has 0 aliphatic rings. The van der Waals surface area contributed by atoms with Crippen molar-refractivity contribution in [2.45, 2.75) is 0 Å². The van der Waals surface area contributed by atoms with E-state index in [4.69, 9.17) is 27.0 Å². The van der Waals surface area contributed by atoms with E-state index in [0.717, 1.165) is 0 Å². The zero-order chi connectivity index (χ0) is 7.21. The molecule has 0 N–H and O–H groups in total. The van der Waals surface area contributed by atoms with Crippen LogP contribution in [0.3, 0.4) is 0 Å². The first-order valence-electron chi connectivity index (χ1n) is 1.03. The topological polar surface area (TPSA) is 120 Å². The molecular weight excluding hydrogens is 241 g/mol. The molecule has 57 valence electrons. The molecule has 10 heavy (non-hydrogen) atoms. The van der Waals surface area contributed by atoms with Crippen LogP contribution in [0.1, 0.15) is 0 Å². The molecule has 0 saturated carbocycles. The van der Waals surface area contributed by atoms with Gasteiger partial charge < -0.3 is 14.0 Å². The maximum Gasteiger partial charge on any atom is 2.00 e. The quantitative estimate of drug-likeness (QED) is 0.181. The number of hydrogen-bond acceptors (Lipinski definition) is 6. The van der Waals surface area contributed by atoms with Gasteiger partial charge in [0.25, 0.3) is 0 Å². The van der Waals surface area contributed by atoms with E-state index < -0.39 is 19.1 Å². The summed E-state index contributed by atoms with van der Waals surface area (Å²) < 4.78 is 42.4. The van der Waals surface area contributed by atoms with Crippen LogP contribution >= 0.6 is 8.69 Å². The Morgan fingerprint density at radius 2 is 1.20 bits per heavy atom. The largest absolute Gasteiger partial charge is 2.00 e. The van der Waals surface area contributed by atoms with E-state index in [1.165, 1.54) is 0 Å². The molecule has 6 nitrogen and oxygen atoms in total. The van der Waals surface area contributed by atoms with Crippen LogP contribution in [0.2, 0.25) is 0 Å². The molecule has 0 bridgehead atoms. The van der Waals surface area contributed by atoms with Gasteiger partial charge in [-0.2, -0.15) is 0 Å². The van der Waals surface area contributed by atoms with Crippen molar-refractivity contribution in [3.8, 4) is 0 Å². The first-order valence-corrected chi connectivity index (χ1v) is 3.10. The molecule has 0 atom stereocenters. The Labute approximate surface area is 91.7 Å². The van der Waals surface area contributed by atoms with Crippen molar-refractivity contribution in [2.24, 2.45) is 0 Å². The third-order valence-corrected chi connectivity index (χ3v) is 0. The van der Waals surface area contributed by atoms with Crippen LogP contribution in [0, 0.1) is 0 Å². The van der Waals surface area contributed by atoms with Gasteiger partial charge in [-0.05, 0) is 0 Å². The molecule has 10 heteroatoms. The fraction of sp³-hybridized carbons (Fsp3) is 0. The van der Waals surface area contributed by atoms with Crippen LogP contribution in [0.15, 0.2) is 0 Å². The summed E-state index contributed by atoms with van der Waals surface area (Å²) in [4.78, 5) is 8.35. The molecule has 0 aromatic carbocycles. The Hall–Kier alpha value is 1.44. The van der Waals surface area contributed by atoms with E-state index >= 15 is 0 Å². The number of rotatable bonds is 0. The molecule has 0 aromatic rings. The molecular formula is CoNaO6PS. The van der Waals surface area contributed by atoms with Crippen molar-refractivity contribution in [1.29, 1.82) is 0 Å². The van der Waals surface area contributed by atoms with Crippen molar-refractivity contribution in [3.05, 3.63) is 0 Å². The van der Waals surface area contributed by atoms with Crippen LogP contribution in [-0.2, 0) is 31.7 Å². The Kier molecular flexibility index (Phi) is 29.4. The van der Waals surface area contributed by atoms with Crippen molar-refractivity contribution < 1.29 is 73.3 Å². The second-order valence-electron chi connectivity index (χ2n) is 0.483. The molecule has 0 aromatic heterocycles. The summed E-state index contributed by atoms with van der Waals surface area (Å²) in [5.74, 6) is 0. The predicted octanol–water partition coefficient (Wildman–Crippen LogP) is -4.78. The van der Waals surface area contributed by atoms with E-state index in [9.17, 15) is 0 Å². The number of hydrogen-bond donors (Lipinski definition) is 0. The molecule has 0 spiro atoms. The minimum absolute atomic E-state index is 0. The van der Waals surface area contributed by atoms with Gasteiger partial charge in [0.2, 0.25) is 0 Å². The average Bonchev–Trinajstić information content (AvgIpc) is 1.27. The first-order chi connectivity index (χ1) is 3.41. The summed E-state index contributed by atoms with van der Waals surface area (Å²) in [5, 5.41) is 0. The SMILES string of the molecule is O=P[O-].O=S(=O)([O-])[O-].[Co+2].[Na+]. The van der Waals surface area contributed by atoms with Crippen molar-refractivity contribution >= 4 is 19.1 Å². The summed E-state index contributed by atoms with van der Waals surface area (Å²) >= 11 is 0. The van der Waals surface area contributed by atoms with Crippen LogP contribution in [0.25, 0.3) is 0 Å². The monoisotopic (exact) mass is 241 g/mol. The van der Waals surface area contributed by atoms with Gasteiger partial charge in [-0.3, -0.25) is 13.0 Å².